The Kier molecular flexibility index (Phi) is 7.16. The van der Waals surface area contributed by atoms with E-state index in [-0.39, 0.29) is 30.1 Å². The number of hydrogen-bond donors (Lipinski definition) is 1. The van der Waals surface area contributed by atoms with Crippen LogP contribution in [0.2, 0.25) is 5.02 Å². The first kappa shape index (κ1) is 21.6. The zero-order valence-electron chi connectivity index (χ0n) is 16.4. The van der Waals surface area contributed by atoms with Gasteiger partial charge in [0.15, 0.2) is 0 Å². The molecule has 0 aromatic heterocycles. The Hall–Kier alpha value is -2.09. The van der Waals surface area contributed by atoms with Gasteiger partial charge in [0.2, 0.25) is 10.0 Å². The lowest BCUT2D eigenvalue weighted by Gasteiger charge is -2.34. The van der Waals surface area contributed by atoms with Gasteiger partial charge in [-0.15, -0.1) is 0 Å². The monoisotopic (exact) mass is 435 g/mol. The first-order valence-electron chi connectivity index (χ1n) is 9.71. The van der Waals surface area contributed by atoms with Crippen LogP contribution in [0.3, 0.4) is 0 Å². The van der Waals surface area contributed by atoms with Crippen LogP contribution in [0.4, 0.5) is 4.79 Å². The molecule has 1 saturated heterocycles. The van der Waals surface area contributed by atoms with Gasteiger partial charge in [0.1, 0.15) is 0 Å². The summed E-state index contributed by atoms with van der Waals surface area (Å²) in [6, 6.07) is 16.2. The molecule has 1 aliphatic rings. The molecule has 0 radical (unpaired) electrons. The Morgan fingerprint density at radius 2 is 1.66 bits per heavy atom. The second-order valence-corrected chi connectivity index (χ2v) is 9.59. The predicted octanol–water partition coefficient (Wildman–Crippen LogP) is 3.38. The standard InChI is InChI=1S/C21H26ClN3O3S/c1-17(7-8-18-5-3-2-4-6-18)23-21(26)24-13-15-25(16-14-24)29(27,28)20-11-9-19(22)10-12-20/h2-6,9-12,17H,7-8,13-16H2,1H3,(H,23,26). The lowest BCUT2D eigenvalue weighted by Crippen LogP contribution is -2.54. The SMILES string of the molecule is CC(CCc1ccccc1)NC(=O)N1CCN(S(=O)(=O)c2ccc(Cl)cc2)CC1. The van der Waals surface area contributed by atoms with E-state index in [1.807, 2.05) is 25.1 Å². The van der Waals surface area contributed by atoms with Crippen LogP contribution in [0.15, 0.2) is 59.5 Å². The fraction of sp³-hybridized carbons (Fsp3) is 0.381. The van der Waals surface area contributed by atoms with Gasteiger partial charge in [0, 0.05) is 37.2 Å². The van der Waals surface area contributed by atoms with Crippen molar-refractivity contribution >= 4 is 27.7 Å². The minimum absolute atomic E-state index is 0.0403. The summed E-state index contributed by atoms with van der Waals surface area (Å²) in [4.78, 5) is 14.4. The van der Waals surface area contributed by atoms with Crippen molar-refractivity contribution in [2.75, 3.05) is 26.2 Å². The number of carbonyl (C=O) groups is 1. The number of aryl methyl sites for hydroxylation is 1. The summed E-state index contributed by atoms with van der Waals surface area (Å²) in [6.45, 7) is 3.27. The van der Waals surface area contributed by atoms with Crippen LogP contribution in [-0.4, -0.2) is 55.9 Å². The summed E-state index contributed by atoms with van der Waals surface area (Å²) in [5.74, 6) is 0. The highest BCUT2D eigenvalue weighted by Crippen LogP contribution is 2.20. The van der Waals surface area contributed by atoms with Gasteiger partial charge in [-0.3, -0.25) is 0 Å². The van der Waals surface area contributed by atoms with E-state index in [4.69, 9.17) is 11.6 Å². The molecule has 1 heterocycles. The number of hydrogen-bond acceptors (Lipinski definition) is 3. The molecular weight excluding hydrogens is 410 g/mol. The third-order valence-corrected chi connectivity index (χ3v) is 7.22. The lowest BCUT2D eigenvalue weighted by molar-refractivity contribution is 0.169. The van der Waals surface area contributed by atoms with Crippen LogP contribution in [0.1, 0.15) is 18.9 Å². The molecule has 6 nitrogen and oxygen atoms in total. The molecule has 0 aliphatic carbocycles. The molecule has 2 aromatic carbocycles. The van der Waals surface area contributed by atoms with E-state index >= 15 is 0 Å². The summed E-state index contributed by atoms with van der Waals surface area (Å²) in [5, 5.41) is 3.51. The number of urea groups is 1. The number of nitrogens with zero attached hydrogens (tertiary/aromatic N) is 2. The Labute approximate surface area is 177 Å². The smallest absolute Gasteiger partial charge is 0.317 e. The summed E-state index contributed by atoms with van der Waals surface area (Å²) < 4.78 is 26.9. The number of benzene rings is 2. The van der Waals surface area contributed by atoms with E-state index in [2.05, 4.69) is 17.4 Å². The first-order valence-corrected chi connectivity index (χ1v) is 11.5. The number of rotatable bonds is 6. The molecule has 2 aromatic rings. The van der Waals surface area contributed by atoms with Crippen molar-refractivity contribution < 1.29 is 13.2 Å². The fourth-order valence-corrected chi connectivity index (χ4v) is 4.84. The van der Waals surface area contributed by atoms with Gasteiger partial charge < -0.3 is 10.2 Å². The van der Waals surface area contributed by atoms with Crippen molar-refractivity contribution in [3.8, 4) is 0 Å². The maximum atomic E-state index is 12.7. The number of amides is 2. The zero-order chi connectivity index (χ0) is 20.9. The third kappa shape index (κ3) is 5.72. The molecule has 8 heteroatoms. The Morgan fingerprint density at radius 1 is 1.03 bits per heavy atom. The Morgan fingerprint density at radius 3 is 2.28 bits per heavy atom. The van der Waals surface area contributed by atoms with Gasteiger partial charge in [0.25, 0.3) is 0 Å². The van der Waals surface area contributed by atoms with Crippen LogP contribution in [0, 0.1) is 0 Å². The van der Waals surface area contributed by atoms with Crippen molar-refractivity contribution in [3.05, 3.63) is 65.2 Å². The van der Waals surface area contributed by atoms with Crippen molar-refractivity contribution in [2.24, 2.45) is 0 Å². The average Bonchev–Trinajstić information content (AvgIpc) is 2.73. The van der Waals surface area contributed by atoms with E-state index in [1.54, 1.807) is 17.0 Å². The molecule has 0 bridgehead atoms. The molecule has 0 saturated carbocycles. The van der Waals surface area contributed by atoms with Crippen LogP contribution in [-0.2, 0) is 16.4 Å². The Balaban J connectivity index is 1.48. The molecule has 29 heavy (non-hydrogen) atoms. The van der Waals surface area contributed by atoms with Crippen molar-refractivity contribution in [1.29, 1.82) is 0 Å². The summed E-state index contributed by atoms with van der Waals surface area (Å²) in [6.07, 6.45) is 1.75. The van der Waals surface area contributed by atoms with Crippen molar-refractivity contribution in [3.63, 3.8) is 0 Å². The van der Waals surface area contributed by atoms with Gasteiger partial charge in [-0.25, -0.2) is 13.2 Å². The second-order valence-electron chi connectivity index (χ2n) is 7.22. The van der Waals surface area contributed by atoms with Crippen molar-refractivity contribution in [1.82, 2.24) is 14.5 Å². The van der Waals surface area contributed by atoms with Gasteiger partial charge >= 0.3 is 6.03 Å². The molecular formula is C21H26ClN3O3S. The fourth-order valence-electron chi connectivity index (χ4n) is 3.29. The van der Waals surface area contributed by atoms with E-state index in [1.165, 1.54) is 22.0 Å². The zero-order valence-corrected chi connectivity index (χ0v) is 18.0. The Bertz CT molecular complexity index is 912. The van der Waals surface area contributed by atoms with Crippen LogP contribution in [0.5, 0.6) is 0 Å². The van der Waals surface area contributed by atoms with E-state index in [9.17, 15) is 13.2 Å². The van der Waals surface area contributed by atoms with Gasteiger partial charge in [-0.2, -0.15) is 4.31 Å². The highest BCUT2D eigenvalue weighted by Gasteiger charge is 2.30. The number of carbonyl (C=O) groups excluding carboxylic acids is 1. The van der Waals surface area contributed by atoms with Crippen LogP contribution >= 0.6 is 11.6 Å². The second kappa shape index (κ2) is 9.61. The maximum absolute atomic E-state index is 12.7. The lowest BCUT2D eigenvalue weighted by atomic mass is 10.1. The quantitative estimate of drug-likeness (QED) is 0.756. The van der Waals surface area contributed by atoms with E-state index < -0.39 is 10.0 Å². The average molecular weight is 436 g/mol. The molecule has 2 amide bonds. The highest BCUT2D eigenvalue weighted by atomic mass is 35.5. The highest BCUT2D eigenvalue weighted by molar-refractivity contribution is 7.89. The van der Waals surface area contributed by atoms with Gasteiger partial charge in [-0.05, 0) is 49.6 Å². The minimum Gasteiger partial charge on any atom is -0.336 e. The number of nitrogens with one attached hydrogen (secondary N) is 1. The molecule has 1 N–H and O–H groups in total. The summed E-state index contributed by atoms with van der Waals surface area (Å²) in [7, 11) is -3.57. The largest absolute Gasteiger partial charge is 0.336 e. The number of piperazine rings is 1. The molecule has 0 spiro atoms. The molecule has 1 unspecified atom stereocenters. The maximum Gasteiger partial charge on any atom is 0.317 e. The first-order chi connectivity index (χ1) is 13.9. The van der Waals surface area contributed by atoms with Gasteiger partial charge in [0.05, 0.1) is 4.90 Å². The van der Waals surface area contributed by atoms with Crippen molar-refractivity contribution in [2.45, 2.75) is 30.7 Å². The molecule has 3 rings (SSSR count). The third-order valence-electron chi connectivity index (χ3n) is 5.06. The molecule has 156 valence electrons. The summed E-state index contributed by atoms with van der Waals surface area (Å²) in [5.41, 5.74) is 1.25. The molecule has 1 aliphatic heterocycles. The molecule has 1 atom stereocenters. The van der Waals surface area contributed by atoms with Gasteiger partial charge in [-0.1, -0.05) is 41.9 Å². The van der Waals surface area contributed by atoms with E-state index in [0.29, 0.717) is 18.1 Å². The summed E-state index contributed by atoms with van der Waals surface area (Å²) >= 11 is 5.84. The number of sulfonamides is 1. The van der Waals surface area contributed by atoms with E-state index in [0.717, 1.165) is 12.8 Å². The normalized spacial score (nSPS) is 16.4. The predicted molar refractivity (Wildman–Crippen MR) is 115 cm³/mol. The minimum atomic E-state index is -3.57. The topological polar surface area (TPSA) is 69.7 Å². The van der Waals surface area contributed by atoms with Crippen LogP contribution < -0.4 is 5.32 Å². The molecule has 1 fully saturated rings. The number of halogens is 1. The van der Waals surface area contributed by atoms with Crippen LogP contribution in [0.25, 0.3) is 0 Å².